The van der Waals surface area contributed by atoms with Crippen LogP contribution in [-0.4, -0.2) is 33.9 Å². The predicted molar refractivity (Wildman–Crippen MR) is 75.6 cm³/mol. The van der Waals surface area contributed by atoms with E-state index in [0.717, 1.165) is 42.5 Å². The van der Waals surface area contributed by atoms with Gasteiger partial charge >= 0.3 is 0 Å². The number of hydrogen-bond acceptors (Lipinski definition) is 3. The highest BCUT2D eigenvalue weighted by Crippen LogP contribution is 2.24. The summed E-state index contributed by atoms with van der Waals surface area (Å²) in [5.41, 5.74) is 1.16. The maximum Gasteiger partial charge on any atom is 0.122 e. The second kappa shape index (κ2) is 8.35. The summed E-state index contributed by atoms with van der Waals surface area (Å²) in [6, 6.07) is 5.75. The lowest BCUT2D eigenvalue weighted by Crippen LogP contribution is -2.25. The van der Waals surface area contributed by atoms with E-state index in [1.54, 1.807) is 14.2 Å². The van der Waals surface area contributed by atoms with Gasteiger partial charge in [-0.1, -0.05) is 18.5 Å². The molecule has 1 N–H and O–H groups in total. The lowest BCUT2D eigenvalue weighted by atomic mass is 10.0. The Labute approximate surface area is 114 Å². The second-order valence-corrected chi connectivity index (χ2v) is 4.90. The van der Waals surface area contributed by atoms with E-state index in [1.807, 2.05) is 18.2 Å². The van der Waals surface area contributed by atoms with Gasteiger partial charge in [-0.05, 0) is 42.6 Å². The minimum atomic E-state index is 0.522. The van der Waals surface area contributed by atoms with Crippen LogP contribution in [0.1, 0.15) is 12.5 Å². The molecule has 0 saturated heterocycles. The Hall–Kier alpha value is -0.770. The van der Waals surface area contributed by atoms with Gasteiger partial charge in [0.25, 0.3) is 0 Å². The number of hydrogen-bond donors (Lipinski definition) is 1. The maximum atomic E-state index is 6.02. The SMILES string of the molecule is COCCNCC(C)Cc1cc(Cl)ccc1OC. The van der Waals surface area contributed by atoms with Crippen LogP contribution in [0, 0.1) is 5.92 Å². The average Bonchev–Trinajstić information content (AvgIpc) is 2.35. The molecule has 1 rings (SSSR count). The van der Waals surface area contributed by atoms with Gasteiger partial charge in [-0.15, -0.1) is 0 Å². The zero-order valence-corrected chi connectivity index (χ0v) is 12.1. The van der Waals surface area contributed by atoms with Crippen molar-refractivity contribution in [3.63, 3.8) is 0 Å². The van der Waals surface area contributed by atoms with E-state index >= 15 is 0 Å². The number of benzene rings is 1. The molecule has 4 heteroatoms. The summed E-state index contributed by atoms with van der Waals surface area (Å²) < 4.78 is 10.3. The molecule has 3 nitrogen and oxygen atoms in total. The Morgan fingerprint density at radius 2 is 2.11 bits per heavy atom. The van der Waals surface area contributed by atoms with Gasteiger partial charge in [0.1, 0.15) is 5.75 Å². The van der Waals surface area contributed by atoms with Crippen molar-refractivity contribution in [3.8, 4) is 5.75 Å². The van der Waals surface area contributed by atoms with Crippen molar-refractivity contribution < 1.29 is 9.47 Å². The first-order valence-electron chi connectivity index (χ1n) is 6.19. The van der Waals surface area contributed by atoms with Crippen LogP contribution in [0.25, 0.3) is 0 Å². The van der Waals surface area contributed by atoms with Gasteiger partial charge in [-0.3, -0.25) is 0 Å². The number of rotatable bonds is 8. The van der Waals surface area contributed by atoms with Gasteiger partial charge in [-0.2, -0.15) is 0 Å². The molecule has 0 saturated carbocycles. The maximum absolute atomic E-state index is 6.02. The third kappa shape index (κ3) is 5.25. The Kier molecular flexibility index (Phi) is 7.09. The highest BCUT2D eigenvalue weighted by Gasteiger charge is 2.09. The fourth-order valence-electron chi connectivity index (χ4n) is 1.88. The molecule has 0 amide bonds. The number of methoxy groups -OCH3 is 2. The molecule has 1 unspecified atom stereocenters. The van der Waals surface area contributed by atoms with Crippen LogP contribution in [0.15, 0.2) is 18.2 Å². The molecule has 0 aliphatic heterocycles. The standard InChI is InChI=1S/C14H22ClNO2/c1-11(10-16-6-7-17-2)8-12-9-13(15)4-5-14(12)18-3/h4-5,9,11,16H,6-8,10H2,1-3H3. The molecular weight excluding hydrogens is 250 g/mol. The van der Waals surface area contributed by atoms with Gasteiger partial charge < -0.3 is 14.8 Å². The van der Waals surface area contributed by atoms with Crippen LogP contribution >= 0.6 is 11.6 Å². The molecule has 0 aliphatic rings. The largest absolute Gasteiger partial charge is 0.496 e. The van der Waals surface area contributed by atoms with Crippen LogP contribution in [0.3, 0.4) is 0 Å². The summed E-state index contributed by atoms with van der Waals surface area (Å²) in [6.07, 6.45) is 0.948. The minimum Gasteiger partial charge on any atom is -0.496 e. The van der Waals surface area contributed by atoms with E-state index in [4.69, 9.17) is 21.1 Å². The third-order valence-electron chi connectivity index (χ3n) is 2.79. The van der Waals surface area contributed by atoms with E-state index in [1.165, 1.54) is 0 Å². The van der Waals surface area contributed by atoms with Crippen LogP contribution < -0.4 is 10.1 Å². The summed E-state index contributed by atoms with van der Waals surface area (Å²) in [5, 5.41) is 4.11. The van der Waals surface area contributed by atoms with Gasteiger partial charge in [0.05, 0.1) is 13.7 Å². The number of halogens is 1. The Bertz CT molecular complexity index is 358. The van der Waals surface area contributed by atoms with Crippen molar-refractivity contribution in [2.75, 3.05) is 33.9 Å². The lowest BCUT2D eigenvalue weighted by Gasteiger charge is -2.15. The lowest BCUT2D eigenvalue weighted by molar-refractivity contribution is 0.198. The molecule has 1 aromatic rings. The zero-order chi connectivity index (χ0) is 13.4. The van der Waals surface area contributed by atoms with Gasteiger partial charge in [0.15, 0.2) is 0 Å². The van der Waals surface area contributed by atoms with Crippen molar-refractivity contribution in [1.82, 2.24) is 5.32 Å². The summed E-state index contributed by atoms with van der Waals surface area (Å²) in [5.74, 6) is 1.43. The van der Waals surface area contributed by atoms with Crippen molar-refractivity contribution in [1.29, 1.82) is 0 Å². The molecular formula is C14H22ClNO2. The molecule has 1 aromatic carbocycles. The molecule has 0 spiro atoms. The normalized spacial score (nSPS) is 12.4. The molecule has 0 heterocycles. The fraction of sp³-hybridized carbons (Fsp3) is 0.571. The third-order valence-corrected chi connectivity index (χ3v) is 3.02. The Morgan fingerprint density at radius 3 is 2.78 bits per heavy atom. The molecule has 0 radical (unpaired) electrons. The second-order valence-electron chi connectivity index (χ2n) is 4.46. The van der Waals surface area contributed by atoms with Crippen molar-refractivity contribution in [2.45, 2.75) is 13.3 Å². The highest BCUT2D eigenvalue weighted by molar-refractivity contribution is 6.30. The average molecular weight is 272 g/mol. The number of ether oxygens (including phenoxy) is 2. The van der Waals surface area contributed by atoms with Gasteiger partial charge in [0.2, 0.25) is 0 Å². The van der Waals surface area contributed by atoms with E-state index in [0.29, 0.717) is 5.92 Å². The van der Waals surface area contributed by atoms with Crippen LogP contribution in [0.2, 0.25) is 5.02 Å². The quantitative estimate of drug-likeness (QED) is 0.738. The van der Waals surface area contributed by atoms with Crippen molar-refractivity contribution in [2.24, 2.45) is 5.92 Å². The molecule has 18 heavy (non-hydrogen) atoms. The molecule has 0 aliphatic carbocycles. The number of nitrogens with one attached hydrogen (secondary N) is 1. The minimum absolute atomic E-state index is 0.522. The van der Waals surface area contributed by atoms with Gasteiger partial charge in [-0.25, -0.2) is 0 Å². The first-order chi connectivity index (χ1) is 8.67. The molecule has 0 fully saturated rings. The summed E-state index contributed by atoms with van der Waals surface area (Å²) in [4.78, 5) is 0. The van der Waals surface area contributed by atoms with Crippen LogP contribution in [0.5, 0.6) is 5.75 Å². The topological polar surface area (TPSA) is 30.5 Å². The monoisotopic (exact) mass is 271 g/mol. The van der Waals surface area contributed by atoms with Crippen LogP contribution in [-0.2, 0) is 11.2 Å². The fourth-order valence-corrected chi connectivity index (χ4v) is 2.07. The van der Waals surface area contributed by atoms with E-state index in [2.05, 4.69) is 12.2 Å². The summed E-state index contributed by atoms with van der Waals surface area (Å²) >= 11 is 6.02. The zero-order valence-electron chi connectivity index (χ0n) is 11.3. The molecule has 0 bridgehead atoms. The highest BCUT2D eigenvalue weighted by atomic mass is 35.5. The Balaban J connectivity index is 2.47. The molecule has 1 atom stereocenters. The first-order valence-corrected chi connectivity index (χ1v) is 6.57. The van der Waals surface area contributed by atoms with Gasteiger partial charge in [0, 0.05) is 18.7 Å². The smallest absolute Gasteiger partial charge is 0.122 e. The molecule has 0 aromatic heterocycles. The molecule has 102 valence electrons. The predicted octanol–water partition coefficient (Wildman–Crippen LogP) is 2.76. The first kappa shape index (κ1) is 15.3. The van der Waals surface area contributed by atoms with Crippen LogP contribution in [0.4, 0.5) is 0 Å². The van der Waals surface area contributed by atoms with E-state index in [-0.39, 0.29) is 0 Å². The Morgan fingerprint density at radius 1 is 1.33 bits per heavy atom. The van der Waals surface area contributed by atoms with Crippen molar-refractivity contribution >= 4 is 11.6 Å². The van der Waals surface area contributed by atoms with Crippen molar-refractivity contribution in [3.05, 3.63) is 28.8 Å². The summed E-state index contributed by atoms with van der Waals surface area (Å²) in [7, 11) is 3.40. The van der Waals surface area contributed by atoms with E-state index < -0.39 is 0 Å². The van der Waals surface area contributed by atoms with E-state index in [9.17, 15) is 0 Å². The summed E-state index contributed by atoms with van der Waals surface area (Å²) in [6.45, 7) is 4.79.